The Labute approximate surface area is 225 Å². The first kappa shape index (κ1) is 25.5. The second kappa shape index (κ2) is 10.7. The van der Waals surface area contributed by atoms with E-state index in [1.54, 1.807) is 30.2 Å². The van der Waals surface area contributed by atoms with Gasteiger partial charge in [-0.25, -0.2) is 0 Å². The van der Waals surface area contributed by atoms with E-state index in [0.717, 1.165) is 16.8 Å². The van der Waals surface area contributed by atoms with Gasteiger partial charge in [-0.05, 0) is 66.3 Å². The van der Waals surface area contributed by atoms with Crippen LogP contribution < -0.4 is 20.1 Å². The van der Waals surface area contributed by atoms with Crippen molar-refractivity contribution in [3.05, 3.63) is 100 Å². The number of ether oxygens (including phenoxy) is 1. The van der Waals surface area contributed by atoms with Crippen molar-refractivity contribution in [1.29, 1.82) is 0 Å². The van der Waals surface area contributed by atoms with E-state index in [9.17, 15) is 19.5 Å². The van der Waals surface area contributed by atoms with Crippen molar-refractivity contribution in [3.63, 3.8) is 0 Å². The summed E-state index contributed by atoms with van der Waals surface area (Å²) in [4.78, 5) is 40.4. The van der Waals surface area contributed by atoms with Gasteiger partial charge < -0.3 is 20.0 Å². The third kappa shape index (κ3) is 5.02. The number of amides is 1. The summed E-state index contributed by atoms with van der Waals surface area (Å²) in [7, 11) is 1.57. The van der Waals surface area contributed by atoms with Gasteiger partial charge in [-0.3, -0.25) is 14.5 Å². The van der Waals surface area contributed by atoms with E-state index in [-0.39, 0.29) is 24.5 Å². The molecule has 0 aromatic heterocycles. The van der Waals surface area contributed by atoms with Crippen LogP contribution in [-0.2, 0) is 14.4 Å². The molecule has 3 aromatic carbocycles. The molecule has 1 N–H and O–H groups in total. The summed E-state index contributed by atoms with van der Waals surface area (Å²) in [5.74, 6) is -1.21. The van der Waals surface area contributed by atoms with Crippen LogP contribution in [0, 0.1) is 0 Å². The zero-order valence-electron chi connectivity index (χ0n) is 20.8. The molecular weight excluding hydrogens is 504 g/mol. The minimum absolute atomic E-state index is 0.0602. The highest BCUT2D eigenvalue weighted by atomic mass is 35.5. The number of hydrogen-bond donors (Lipinski definition) is 1. The Morgan fingerprint density at radius 3 is 2.34 bits per heavy atom. The van der Waals surface area contributed by atoms with E-state index in [1.807, 2.05) is 54.6 Å². The number of methoxy groups -OCH3 is 1. The lowest BCUT2D eigenvalue weighted by Crippen LogP contribution is -2.39. The van der Waals surface area contributed by atoms with Crippen LogP contribution in [0.3, 0.4) is 0 Å². The standard InChI is InChI=1S/C30H27ClN2O5/c1-38-22-12-8-19(9-13-22)30-29-24(16-20(17-26(29)34)18-6-10-21(31)11-7-18)32-23-4-2-3-5-25(23)33(30)27(35)14-15-28(36)37/h2-13,20,30,32H,14-17H2,1H3,(H,36,37)/p-1. The second-order valence-corrected chi connectivity index (χ2v) is 9.86. The molecule has 0 fully saturated rings. The molecule has 3 aromatic rings. The summed E-state index contributed by atoms with van der Waals surface area (Å²) in [5.41, 5.74) is 4.21. The highest BCUT2D eigenvalue weighted by Gasteiger charge is 2.41. The highest BCUT2D eigenvalue weighted by molar-refractivity contribution is 6.30. The normalized spacial score (nSPS) is 18.7. The number of anilines is 2. The molecule has 194 valence electrons. The maximum absolute atomic E-state index is 13.9. The average Bonchev–Trinajstić information content (AvgIpc) is 3.07. The molecule has 1 amide bonds. The zero-order valence-corrected chi connectivity index (χ0v) is 21.5. The molecule has 7 nitrogen and oxygen atoms in total. The Morgan fingerprint density at radius 1 is 0.974 bits per heavy atom. The van der Waals surface area contributed by atoms with Crippen molar-refractivity contribution in [3.8, 4) is 5.75 Å². The number of halogens is 1. The van der Waals surface area contributed by atoms with Gasteiger partial charge in [0.15, 0.2) is 5.78 Å². The van der Waals surface area contributed by atoms with Gasteiger partial charge in [-0.1, -0.05) is 48.0 Å². The Kier molecular flexibility index (Phi) is 7.20. The molecular formula is C30H26ClN2O5-. The number of fused-ring (bicyclic) bond motifs is 1. The fourth-order valence-electron chi connectivity index (χ4n) is 5.27. The third-order valence-electron chi connectivity index (χ3n) is 7.07. The van der Waals surface area contributed by atoms with Crippen molar-refractivity contribution in [1.82, 2.24) is 0 Å². The number of rotatable bonds is 6. The van der Waals surface area contributed by atoms with Crippen LogP contribution in [0.5, 0.6) is 5.75 Å². The van der Waals surface area contributed by atoms with Crippen molar-refractivity contribution >= 4 is 40.6 Å². The second-order valence-electron chi connectivity index (χ2n) is 9.43. The van der Waals surface area contributed by atoms with Gasteiger partial charge in [0.1, 0.15) is 5.75 Å². The lowest BCUT2D eigenvalue weighted by Gasteiger charge is -2.35. The number of carboxylic acids is 1. The number of benzene rings is 3. The summed E-state index contributed by atoms with van der Waals surface area (Å²) < 4.78 is 5.32. The van der Waals surface area contributed by atoms with E-state index < -0.39 is 24.3 Å². The number of Topliss-reactive ketones (excluding diaryl/α,β-unsaturated/α-hetero) is 1. The molecule has 1 heterocycles. The number of allylic oxidation sites excluding steroid dienone is 1. The summed E-state index contributed by atoms with van der Waals surface area (Å²) >= 11 is 6.09. The molecule has 0 spiro atoms. The molecule has 38 heavy (non-hydrogen) atoms. The van der Waals surface area contributed by atoms with Gasteiger partial charge in [0.2, 0.25) is 5.91 Å². The molecule has 1 aliphatic carbocycles. The van der Waals surface area contributed by atoms with Gasteiger partial charge in [-0.15, -0.1) is 0 Å². The number of para-hydroxylation sites is 2. The summed E-state index contributed by atoms with van der Waals surface area (Å²) in [6, 6.07) is 21.3. The number of carbonyl (C=O) groups is 3. The zero-order chi connectivity index (χ0) is 26.8. The molecule has 1 aliphatic heterocycles. The van der Waals surface area contributed by atoms with Gasteiger partial charge in [0, 0.05) is 35.1 Å². The Bertz CT molecular complexity index is 1420. The monoisotopic (exact) mass is 529 g/mol. The largest absolute Gasteiger partial charge is 0.550 e. The molecule has 0 bridgehead atoms. The van der Waals surface area contributed by atoms with E-state index in [2.05, 4.69) is 5.32 Å². The van der Waals surface area contributed by atoms with Crippen molar-refractivity contribution < 1.29 is 24.2 Å². The van der Waals surface area contributed by atoms with Gasteiger partial charge >= 0.3 is 0 Å². The van der Waals surface area contributed by atoms with Crippen molar-refractivity contribution in [2.45, 2.75) is 37.6 Å². The van der Waals surface area contributed by atoms with E-state index in [0.29, 0.717) is 34.1 Å². The quantitative estimate of drug-likeness (QED) is 0.493. The van der Waals surface area contributed by atoms with Crippen LogP contribution in [0.15, 0.2) is 84.1 Å². The average molecular weight is 530 g/mol. The summed E-state index contributed by atoms with van der Waals surface area (Å²) in [6.07, 6.45) is 0.156. The Hall–Kier alpha value is -4.10. The lowest BCUT2D eigenvalue weighted by molar-refractivity contribution is -0.305. The Balaban J connectivity index is 1.67. The summed E-state index contributed by atoms with van der Waals surface area (Å²) in [6.45, 7) is 0. The first-order valence-electron chi connectivity index (χ1n) is 12.4. The minimum Gasteiger partial charge on any atom is -0.550 e. The van der Waals surface area contributed by atoms with Gasteiger partial charge in [0.25, 0.3) is 0 Å². The molecule has 2 unspecified atom stereocenters. The molecule has 8 heteroatoms. The first-order chi connectivity index (χ1) is 18.4. The molecule has 0 saturated carbocycles. The van der Waals surface area contributed by atoms with Crippen LogP contribution in [0.25, 0.3) is 0 Å². The fourth-order valence-corrected chi connectivity index (χ4v) is 5.39. The number of ketones is 1. The van der Waals surface area contributed by atoms with Crippen molar-refractivity contribution in [2.75, 3.05) is 17.3 Å². The summed E-state index contributed by atoms with van der Waals surface area (Å²) in [5, 5.41) is 15.3. The van der Waals surface area contributed by atoms with E-state index in [1.165, 1.54) is 0 Å². The lowest BCUT2D eigenvalue weighted by atomic mass is 9.78. The number of nitrogens with one attached hydrogen (secondary N) is 1. The molecule has 2 aliphatic rings. The topological polar surface area (TPSA) is 98.8 Å². The number of carboxylic acid groups (broad SMARTS) is 1. The highest BCUT2D eigenvalue weighted by Crippen LogP contribution is 2.47. The Morgan fingerprint density at radius 2 is 1.66 bits per heavy atom. The SMILES string of the molecule is COc1ccc(C2C3=C(CC(c4ccc(Cl)cc4)CC3=O)Nc3ccccc3N2C(=O)CCC(=O)[O-])cc1. The van der Waals surface area contributed by atoms with Gasteiger partial charge in [-0.2, -0.15) is 0 Å². The first-order valence-corrected chi connectivity index (χ1v) is 12.8. The minimum atomic E-state index is -1.31. The fraction of sp³-hybridized carbons (Fsp3) is 0.233. The predicted octanol–water partition coefficient (Wildman–Crippen LogP) is 4.78. The predicted molar refractivity (Wildman–Crippen MR) is 143 cm³/mol. The van der Waals surface area contributed by atoms with Gasteiger partial charge in [0.05, 0.1) is 24.5 Å². The maximum Gasteiger partial charge on any atom is 0.228 e. The van der Waals surface area contributed by atoms with Crippen molar-refractivity contribution in [2.24, 2.45) is 0 Å². The van der Waals surface area contributed by atoms with Crippen LogP contribution in [0.1, 0.15) is 48.8 Å². The number of hydrogen-bond acceptors (Lipinski definition) is 6. The molecule has 5 rings (SSSR count). The van der Waals surface area contributed by atoms with E-state index in [4.69, 9.17) is 16.3 Å². The smallest absolute Gasteiger partial charge is 0.228 e. The number of nitrogens with zero attached hydrogens (tertiary/aromatic N) is 1. The maximum atomic E-state index is 13.9. The molecule has 2 atom stereocenters. The molecule has 0 saturated heterocycles. The number of carbonyl (C=O) groups excluding carboxylic acids is 3. The van der Waals surface area contributed by atoms with Crippen LogP contribution in [0.4, 0.5) is 11.4 Å². The van der Waals surface area contributed by atoms with Crippen LogP contribution >= 0.6 is 11.6 Å². The molecule has 0 radical (unpaired) electrons. The third-order valence-corrected chi connectivity index (χ3v) is 7.33. The number of aliphatic carboxylic acids is 1. The van der Waals surface area contributed by atoms with Crippen LogP contribution in [0.2, 0.25) is 5.02 Å². The van der Waals surface area contributed by atoms with E-state index >= 15 is 0 Å². The van der Waals surface area contributed by atoms with Crippen LogP contribution in [-0.4, -0.2) is 24.8 Å².